The Balaban J connectivity index is 1.37. The van der Waals surface area contributed by atoms with Gasteiger partial charge in [0.15, 0.2) is 12.1 Å². The number of hydrogen-bond donors (Lipinski definition) is 9. The van der Waals surface area contributed by atoms with Crippen molar-refractivity contribution in [3.63, 3.8) is 0 Å². The topological polar surface area (TPSA) is 249 Å². The number of aliphatic hydroxyl groups excluding tert-OH is 6. The largest absolute Gasteiger partial charge is 0.508 e. The molecule has 0 radical (unpaired) electrons. The van der Waals surface area contributed by atoms with Crippen LogP contribution in [0.15, 0.2) is 45.6 Å². The number of phenols is 2. The van der Waals surface area contributed by atoms with Crippen LogP contribution in [-0.4, -0.2) is 114 Å². The molecule has 2 aromatic carbocycles. The molecule has 0 spiro atoms. The van der Waals surface area contributed by atoms with Crippen molar-refractivity contribution in [2.45, 2.75) is 68.3 Å². The molecule has 0 amide bonds. The van der Waals surface area contributed by atoms with Gasteiger partial charge in [-0.1, -0.05) is 0 Å². The van der Waals surface area contributed by atoms with E-state index in [0.29, 0.717) is 0 Å². The highest BCUT2D eigenvalue weighted by atomic mass is 16.7. The summed E-state index contributed by atoms with van der Waals surface area (Å²) in [7, 11) is 0. The quantitative estimate of drug-likeness (QED) is 0.159. The minimum atomic E-state index is -1.77. The van der Waals surface area contributed by atoms with Crippen molar-refractivity contribution in [2.24, 2.45) is 0 Å². The number of phenolic OH excluding ortho intramolecular Hbond substituents is 2. The molecule has 9 N–H and O–H groups in total. The van der Waals surface area contributed by atoms with Crippen LogP contribution in [0.1, 0.15) is 6.92 Å². The predicted molar refractivity (Wildman–Crippen MR) is 139 cm³/mol. The van der Waals surface area contributed by atoms with Gasteiger partial charge < -0.3 is 69.3 Å². The first-order chi connectivity index (χ1) is 19.9. The predicted octanol–water partition coefficient (Wildman–Crippen LogP) is -1.39. The highest BCUT2D eigenvalue weighted by Crippen LogP contribution is 2.37. The first-order valence-electron chi connectivity index (χ1n) is 12.9. The maximum atomic E-state index is 12.8. The number of aromatic hydroxyl groups is 3. The van der Waals surface area contributed by atoms with Crippen molar-refractivity contribution < 1.29 is 69.3 Å². The average molecular weight is 595 g/mol. The Kier molecular flexibility index (Phi) is 8.30. The van der Waals surface area contributed by atoms with Crippen molar-refractivity contribution in [3.8, 4) is 34.3 Å². The third kappa shape index (κ3) is 5.37. The second-order valence-electron chi connectivity index (χ2n) is 10.1. The Hall–Kier alpha value is -3.51. The van der Waals surface area contributed by atoms with E-state index in [4.69, 9.17) is 23.4 Å². The number of fused-ring (bicyclic) bond motifs is 1. The lowest BCUT2D eigenvalue weighted by molar-refractivity contribution is -0.348. The number of benzene rings is 2. The molecule has 42 heavy (non-hydrogen) atoms. The average Bonchev–Trinajstić information content (AvgIpc) is 2.96. The molecule has 15 nitrogen and oxygen atoms in total. The molecule has 0 saturated carbocycles. The second kappa shape index (κ2) is 11.6. The second-order valence-corrected chi connectivity index (χ2v) is 10.1. The van der Waals surface area contributed by atoms with Crippen LogP contribution in [0.2, 0.25) is 0 Å². The fourth-order valence-corrected chi connectivity index (χ4v) is 4.90. The smallest absolute Gasteiger partial charge is 0.238 e. The van der Waals surface area contributed by atoms with Crippen molar-refractivity contribution in [1.82, 2.24) is 0 Å². The van der Waals surface area contributed by atoms with Crippen LogP contribution in [0.25, 0.3) is 22.3 Å². The van der Waals surface area contributed by atoms with E-state index in [2.05, 4.69) is 0 Å². The Morgan fingerprint density at radius 1 is 0.833 bits per heavy atom. The van der Waals surface area contributed by atoms with Crippen LogP contribution in [0.3, 0.4) is 0 Å². The van der Waals surface area contributed by atoms with Gasteiger partial charge in [0.1, 0.15) is 70.9 Å². The maximum Gasteiger partial charge on any atom is 0.238 e. The van der Waals surface area contributed by atoms with E-state index in [0.717, 1.165) is 6.07 Å². The van der Waals surface area contributed by atoms with Gasteiger partial charge >= 0.3 is 0 Å². The lowest BCUT2D eigenvalue weighted by Gasteiger charge is -2.45. The number of ether oxygens (including phenoxy) is 4. The molecule has 10 atom stereocenters. The molecule has 2 fully saturated rings. The lowest BCUT2D eigenvalue weighted by atomic mass is 9.97. The molecule has 1 aromatic heterocycles. The van der Waals surface area contributed by atoms with Crippen LogP contribution < -0.4 is 10.2 Å². The van der Waals surface area contributed by atoms with Crippen molar-refractivity contribution in [3.05, 3.63) is 46.6 Å². The maximum absolute atomic E-state index is 12.8. The van der Waals surface area contributed by atoms with Crippen molar-refractivity contribution >= 4 is 11.0 Å². The van der Waals surface area contributed by atoms with Crippen LogP contribution >= 0.6 is 0 Å². The summed E-state index contributed by atoms with van der Waals surface area (Å²) in [6.07, 6.45) is -15.3. The summed E-state index contributed by atoms with van der Waals surface area (Å²) >= 11 is 0. The zero-order valence-electron chi connectivity index (χ0n) is 21.9. The summed E-state index contributed by atoms with van der Waals surface area (Å²) in [5, 5.41) is 91.3. The molecule has 2 saturated heterocycles. The van der Waals surface area contributed by atoms with Gasteiger partial charge in [0.25, 0.3) is 0 Å². The van der Waals surface area contributed by atoms with Gasteiger partial charge in [-0.2, -0.15) is 0 Å². The van der Waals surface area contributed by atoms with Gasteiger partial charge in [-0.05, 0) is 31.2 Å². The van der Waals surface area contributed by atoms with E-state index in [1.807, 2.05) is 0 Å². The van der Waals surface area contributed by atoms with Gasteiger partial charge in [-0.25, -0.2) is 0 Å². The minimum Gasteiger partial charge on any atom is -0.508 e. The molecule has 2 aliphatic heterocycles. The first kappa shape index (κ1) is 30.0. The fraction of sp³-hybridized carbons (Fsp3) is 0.444. The van der Waals surface area contributed by atoms with Gasteiger partial charge in [-0.3, -0.25) is 4.79 Å². The Morgan fingerprint density at radius 2 is 1.50 bits per heavy atom. The molecule has 3 heterocycles. The van der Waals surface area contributed by atoms with Crippen LogP contribution in [-0.2, 0) is 14.2 Å². The molecule has 5 rings (SSSR count). The highest BCUT2D eigenvalue weighted by Gasteiger charge is 2.50. The zero-order chi connectivity index (χ0) is 30.5. The third-order valence-corrected chi connectivity index (χ3v) is 7.22. The molecule has 0 aliphatic carbocycles. The molecule has 0 unspecified atom stereocenters. The zero-order valence-corrected chi connectivity index (χ0v) is 21.9. The normalized spacial score (nSPS) is 33.5. The van der Waals surface area contributed by atoms with Gasteiger partial charge in [0.2, 0.25) is 17.5 Å². The highest BCUT2D eigenvalue weighted by molar-refractivity contribution is 5.88. The molecule has 2 aliphatic rings. The van der Waals surface area contributed by atoms with Crippen LogP contribution in [0.5, 0.6) is 23.0 Å². The van der Waals surface area contributed by atoms with Crippen LogP contribution in [0, 0.1) is 0 Å². The summed E-state index contributed by atoms with van der Waals surface area (Å²) in [5.74, 6) is -1.84. The number of aliphatic hydroxyl groups is 6. The molecule has 15 heteroatoms. The van der Waals surface area contributed by atoms with E-state index in [1.165, 1.54) is 37.3 Å². The van der Waals surface area contributed by atoms with E-state index in [1.54, 1.807) is 0 Å². The first-order valence-corrected chi connectivity index (χ1v) is 12.9. The Morgan fingerprint density at radius 3 is 2.17 bits per heavy atom. The molecule has 3 aromatic rings. The Bertz CT molecular complexity index is 1470. The summed E-state index contributed by atoms with van der Waals surface area (Å²) in [5.41, 5.74) is -0.878. The van der Waals surface area contributed by atoms with Gasteiger partial charge in [0.05, 0.1) is 12.7 Å². The summed E-state index contributed by atoms with van der Waals surface area (Å²) < 4.78 is 27.9. The summed E-state index contributed by atoms with van der Waals surface area (Å²) in [6, 6.07) is 7.65. The summed E-state index contributed by atoms with van der Waals surface area (Å²) in [4.78, 5) is 12.8. The summed E-state index contributed by atoms with van der Waals surface area (Å²) in [6.45, 7) is 0.751. The molecular formula is C27H30O15. The third-order valence-electron chi connectivity index (χ3n) is 7.22. The molecule has 0 bridgehead atoms. The minimum absolute atomic E-state index is 0.0574. The molecule has 228 valence electrons. The van der Waals surface area contributed by atoms with E-state index >= 15 is 0 Å². The number of hydrogen-bond acceptors (Lipinski definition) is 15. The SMILES string of the molecule is C[C@H]1O[C@@H](Oc2cc(O)c3c(=O)c(O)c(-c4ccc(O)cc4)oc3c2)[C@H](O)[C@@H](O)[C@H]1O[C@@H]1O[C@@H](CO)[C@H](O)[C@H](O)[C@H]1O. The van der Waals surface area contributed by atoms with E-state index in [-0.39, 0.29) is 33.8 Å². The van der Waals surface area contributed by atoms with Crippen LogP contribution in [0.4, 0.5) is 0 Å². The fourth-order valence-electron chi connectivity index (χ4n) is 4.90. The lowest BCUT2D eigenvalue weighted by Crippen LogP contribution is -2.64. The van der Waals surface area contributed by atoms with Gasteiger partial charge in [-0.15, -0.1) is 0 Å². The van der Waals surface area contributed by atoms with E-state index < -0.39 is 84.9 Å². The van der Waals surface area contributed by atoms with Crippen molar-refractivity contribution in [2.75, 3.05) is 6.61 Å². The standard InChI is InChI=1S/C27H30O15/c1-9-24(42-27-22(36)19(33)17(31)15(8-28)41-27)21(35)23(37)26(38-9)39-12-6-13(30)16-14(7-12)40-25(20(34)18(16)32)10-2-4-11(29)5-3-10/h2-7,9,15,17,19,21-24,26-31,33-37H,8H2,1H3/t9-,15+,17+,19+,21-,22-,23-,24+,26+,27+/m1/s1. The Labute approximate surface area is 236 Å². The van der Waals surface area contributed by atoms with E-state index in [9.17, 15) is 50.8 Å². The monoisotopic (exact) mass is 594 g/mol. The van der Waals surface area contributed by atoms with Crippen molar-refractivity contribution in [1.29, 1.82) is 0 Å². The van der Waals surface area contributed by atoms with Gasteiger partial charge in [0, 0.05) is 17.7 Å². The molecular weight excluding hydrogens is 564 g/mol. The number of rotatable bonds is 6.